The molecule has 0 radical (unpaired) electrons. The van der Waals surface area contributed by atoms with Crippen molar-refractivity contribution in [3.63, 3.8) is 0 Å². The summed E-state index contributed by atoms with van der Waals surface area (Å²) < 4.78 is 8.38. The predicted octanol–water partition coefficient (Wildman–Crippen LogP) is 3.00. The number of carbonyl (C=O) groups excluding carboxylic acids is 1. The third-order valence-corrected chi connectivity index (χ3v) is 4.04. The summed E-state index contributed by atoms with van der Waals surface area (Å²) in [6.07, 6.45) is 6.08. The molecule has 28 heavy (non-hydrogen) atoms. The van der Waals surface area contributed by atoms with Crippen molar-refractivity contribution >= 4 is 11.8 Å². The predicted molar refractivity (Wildman–Crippen MR) is 106 cm³/mol. The highest BCUT2D eigenvalue weighted by molar-refractivity contribution is 5.84. The minimum atomic E-state index is -0.510. The first-order valence-corrected chi connectivity index (χ1v) is 9.23. The summed E-state index contributed by atoms with van der Waals surface area (Å²) >= 11 is 0. The van der Waals surface area contributed by atoms with Gasteiger partial charge in [-0.05, 0) is 31.0 Å². The summed E-state index contributed by atoms with van der Waals surface area (Å²) in [4.78, 5) is 23.9. The standard InChI is InChI=1S/C20H23N5O3/c1-3-9-24-14-17(13-21-24)25-10-8-19(26)18(23-25)12-15-6-5-7-16(11-15)22-20(27)28-4-2/h5-8,10-11,13-14H,3-4,9,12H2,1-2H3,(H,22,27). The maximum Gasteiger partial charge on any atom is 0.411 e. The van der Waals surface area contributed by atoms with Crippen LogP contribution in [0.15, 0.2) is 53.7 Å². The van der Waals surface area contributed by atoms with Gasteiger partial charge in [0.15, 0.2) is 0 Å². The average Bonchev–Trinajstić information content (AvgIpc) is 3.13. The van der Waals surface area contributed by atoms with Crippen LogP contribution < -0.4 is 10.7 Å². The van der Waals surface area contributed by atoms with E-state index in [0.717, 1.165) is 24.2 Å². The highest BCUT2D eigenvalue weighted by Crippen LogP contribution is 2.13. The number of nitrogens with one attached hydrogen (secondary N) is 1. The summed E-state index contributed by atoms with van der Waals surface area (Å²) in [5.41, 5.74) is 2.54. The first kappa shape index (κ1) is 19.3. The normalized spacial score (nSPS) is 10.6. The summed E-state index contributed by atoms with van der Waals surface area (Å²) in [5.74, 6) is 0. The van der Waals surface area contributed by atoms with Crippen LogP contribution in [0.4, 0.5) is 10.5 Å². The average molecular weight is 381 g/mol. The first-order chi connectivity index (χ1) is 13.6. The van der Waals surface area contributed by atoms with Crippen molar-refractivity contribution in [2.45, 2.75) is 33.2 Å². The van der Waals surface area contributed by atoms with Crippen LogP contribution in [0.25, 0.3) is 5.69 Å². The fourth-order valence-corrected chi connectivity index (χ4v) is 2.77. The van der Waals surface area contributed by atoms with Gasteiger partial charge in [0.1, 0.15) is 11.4 Å². The van der Waals surface area contributed by atoms with Crippen molar-refractivity contribution in [2.24, 2.45) is 0 Å². The number of amides is 1. The molecule has 0 aliphatic rings. The Labute approximate surface area is 162 Å². The van der Waals surface area contributed by atoms with E-state index in [1.807, 2.05) is 23.0 Å². The fraction of sp³-hybridized carbons (Fsp3) is 0.300. The van der Waals surface area contributed by atoms with Crippen LogP contribution in [0, 0.1) is 0 Å². The SMILES string of the molecule is CCCn1cc(-n2ccc(=O)c(Cc3cccc(NC(=O)OCC)c3)n2)cn1. The van der Waals surface area contributed by atoms with E-state index in [0.29, 0.717) is 24.4 Å². The van der Waals surface area contributed by atoms with Crippen LogP contribution in [-0.2, 0) is 17.7 Å². The molecule has 2 aromatic heterocycles. The summed E-state index contributed by atoms with van der Waals surface area (Å²) in [6.45, 7) is 4.96. The molecular formula is C20H23N5O3. The lowest BCUT2D eigenvalue weighted by Gasteiger charge is -2.08. The van der Waals surface area contributed by atoms with Gasteiger partial charge in [-0.15, -0.1) is 0 Å². The molecule has 8 nitrogen and oxygen atoms in total. The maximum atomic E-state index is 12.3. The molecule has 0 aliphatic carbocycles. The van der Waals surface area contributed by atoms with Gasteiger partial charge >= 0.3 is 6.09 Å². The lowest BCUT2D eigenvalue weighted by molar-refractivity contribution is 0.168. The van der Waals surface area contributed by atoms with E-state index in [1.165, 1.54) is 6.07 Å². The minimum absolute atomic E-state index is 0.138. The van der Waals surface area contributed by atoms with Crippen molar-refractivity contribution in [1.82, 2.24) is 19.6 Å². The number of ether oxygens (including phenoxy) is 1. The summed E-state index contributed by atoms with van der Waals surface area (Å²) in [6, 6.07) is 8.76. The van der Waals surface area contributed by atoms with Crippen molar-refractivity contribution in [1.29, 1.82) is 0 Å². The minimum Gasteiger partial charge on any atom is -0.450 e. The van der Waals surface area contributed by atoms with Gasteiger partial charge in [0, 0.05) is 30.9 Å². The van der Waals surface area contributed by atoms with E-state index < -0.39 is 6.09 Å². The van der Waals surface area contributed by atoms with Gasteiger partial charge in [0.05, 0.1) is 19.0 Å². The van der Waals surface area contributed by atoms with Crippen LogP contribution in [0.3, 0.4) is 0 Å². The highest BCUT2D eigenvalue weighted by atomic mass is 16.5. The molecule has 1 amide bonds. The molecule has 3 aromatic rings. The van der Waals surface area contributed by atoms with Crippen LogP contribution in [0.2, 0.25) is 0 Å². The molecule has 3 rings (SSSR count). The Morgan fingerprint density at radius 3 is 2.89 bits per heavy atom. The molecular weight excluding hydrogens is 358 g/mol. The molecule has 146 valence electrons. The molecule has 0 aliphatic heterocycles. The number of aryl methyl sites for hydroxylation is 1. The van der Waals surface area contributed by atoms with Crippen LogP contribution in [0.1, 0.15) is 31.5 Å². The van der Waals surface area contributed by atoms with E-state index in [4.69, 9.17) is 4.74 Å². The lowest BCUT2D eigenvalue weighted by atomic mass is 10.1. The summed E-state index contributed by atoms with van der Waals surface area (Å²) in [5, 5.41) is 11.4. The molecule has 0 unspecified atom stereocenters. The van der Waals surface area contributed by atoms with Gasteiger partial charge in [-0.1, -0.05) is 19.1 Å². The van der Waals surface area contributed by atoms with Gasteiger partial charge < -0.3 is 4.74 Å². The monoisotopic (exact) mass is 381 g/mol. The Morgan fingerprint density at radius 2 is 2.11 bits per heavy atom. The Hall–Kier alpha value is -3.42. The quantitative estimate of drug-likeness (QED) is 0.679. The second-order valence-electron chi connectivity index (χ2n) is 6.26. The van der Waals surface area contributed by atoms with Crippen LogP contribution >= 0.6 is 0 Å². The number of rotatable bonds is 7. The van der Waals surface area contributed by atoms with Gasteiger partial charge in [-0.25, -0.2) is 9.48 Å². The van der Waals surface area contributed by atoms with Crippen molar-refractivity contribution in [3.8, 4) is 5.69 Å². The number of anilines is 1. The molecule has 0 bridgehead atoms. The van der Waals surface area contributed by atoms with E-state index in [2.05, 4.69) is 22.4 Å². The maximum absolute atomic E-state index is 12.3. The third-order valence-electron chi connectivity index (χ3n) is 4.04. The third kappa shape index (κ3) is 4.85. The fourth-order valence-electron chi connectivity index (χ4n) is 2.77. The molecule has 1 aromatic carbocycles. The second kappa shape index (κ2) is 8.98. The van der Waals surface area contributed by atoms with Crippen molar-refractivity contribution in [2.75, 3.05) is 11.9 Å². The largest absolute Gasteiger partial charge is 0.450 e. The smallest absolute Gasteiger partial charge is 0.411 e. The number of hydrogen-bond donors (Lipinski definition) is 1. The van der Waals surface area contributed by atoms with E-state index >= 15 is 0 Å². The van der Waals surface area contributed by atoms with Crippen LogP contribution in [-0.4, -0.2) is 32.3 Å². The molecule has 0 atom stereocenters. The van der Waals surface area contributed by atoms with Crippen molar-refractivity contribution < 1.29 is 9.53 Å². The molecule has 2 heterocycles. The zero-order chi connectivity index (χ0) is 19.9. The van der Waals surface area contributed by atoms with Gasteiger partial charge in [0.2, 0.25) is 5.43 Å². The number of aromatic nitrogens is 4. The summed E-state index contributed by atoms with van der Waals surface area (Å²) in [7, 11) is 0. The van der Waals surface area contributed by atoms with E-state index in [1.54, 1.807) is 36.1 Å². The number of hydrogen-bond acceptors (Lipinski definition) is 5. The highest BCUT2D eigenvalue weighted by Gasteiger charge is 2.09. The van der Waals surface area contributed by atoms with Gasteiger partial charge in [0.25, 0.3) is 0 Å². The molecule has 0 saturated carbocycles. The molecule has 0 spiro atoms. The topological polar surface area (TPSA) is 91.0 Å². The Kier molecular flexibility index (Phi) is 6.21. The van der Waals surface area contributed by atoms with E-state index in [9.17, 15) is 9.59 Å². The molecule has 0 fully saturated rings. The Balaban J connectivity index is 1.80. The zero-order valence-electron chi connectivity index (χ0n) is 16.0. The Morgan fingerprint density at radius 1 is 1.25 bits per heavy atom. The second-order valence-corrected chi connectivity index (χ2v) is 6.26. The van der Waals surface area contributed by atoms with Gasteiger partial charge in [-0.2, -0.15) is 10.2 Å². The first-order valence-electron chi connectivity index (χ1n) is 9.23. The molecule has 1 N–H and O–H groups in total. The number of benzene rings is 1. The van der Waals surface area contributed by atoms with Crippen molar-refractivity contribution in [3.05, 3.63) is 70.4 Å². The van der Waals surface area contributed by atoms with E-state index in [-0.39, 0.29) is 5.43 Å². The zero-order valence-corrected chi connectivity index (χ0v) is 16.0. The number of nitrogens with zero attached hydrogens (tertiary/aromatic N) is 4. The molecule has 0 saturated heterocycles. The molecule has 8 heteroatoms. The van der Waals surface area contributed by atoms with Gasteiger partial charge in [-0.3, -0.25) is 14.8 Å². The number of carbonyl (C=O) groups is 1. The Bertz CT molecular complexity index is 1010. The lowest BCUT2D eigenvalue weighted by Crippen LogP contribution is -2.16. The van der Waals surface area contributed by atoms with Crippen LogP contribution in [0.5, 0.6) is 0 Å².